The van der Waals surface area contributed by atoms with E-state index in [0.29, 0.717) is 42.5 Å². The highest BCUT2D eigenvalue weighted by molar-refractivity contribution is 7.90. The van der Waals surface area contributed by atoms with E-state index in [1.54, 1.807) is 19.1 Å². The number of likely N-dealkylation sites (tertiary alicyclic amines) is 1. The molecule has 0 aliphatic carbocycles. The standard InChI is InChI=1S/C26H27ClFN3O5S/c1-17-25(29-16-30-26(17)36-24-8-7-22(14-23(24)28)37(2,33)34)35-21-9-11-31(12-10-21)15-20(32)13-18-3-5-19(27)6-4-18/h3-8,14,16,21H,9-13,15H2,1-2H3. The Morgan fingerprint density at radius 2 is 1.78 bits per heavy atom. The van der Waals surface area contributed by atoms with Crippen molar-refractivity contribution in [2.75, 3.05) is 25.9 Å². The van der Waals surface area contributed by atoms with E-state index in [9.17, 15) is 17.6 Å². The number of benzene rings is 2. The number of piperidine rings is 1. The van der Waals surface area contributed by atoms with E-state index < -0.39 is 15.7 Å². The highest BCUT2D eigenvalue weighted by atomic mass is 35.5. The number of halogens is 2. The minimum Gasteiger partial charge on any atom is -0.474 e. The summed E-state index contributed by atoms with van der Waals surface area (Å²) in [6.07, 6.45) is 3.98. The van der Waals surface area contributed by atoms with Crippen LogP contribution in [0.2, 0.25) is 5.02 Å². The van der Waals surface area contributed by atoms with Gasteiger partial charge in [0.25, 0.3) is 0 Å². The quantitative estimate of drug-likeness (QED) is 0.388. The molecule has 3 aromatic rings. The van der Waals surface area contributed by atoms with Gasteiger partial charge >= 0.3 is 0 Å². The summed E-state index contributed by atoms with van der Waals surface area (Å²) in [6.45, 7) is 3.51. The molecule has 0 bridgehead atoms. The van der Waals surface area contributed by atoms with Crippen molar-refractivity contribution in [3.05, 3.63) is 70.8 Å². The zero-order valence-electron chi connectivity index (χ0n) is 20.5. The van der Waals surface area contributed by atoms with Gasteiger partial charge in [0, 0.05) is 30.8 Å². The van der Waals surface area contributed by atoms with Gasteiger partial charge in [-0.3, -0.25) is 9.69 Å². The van der Waals surface area contributed by atoms with Gasteiger partial charge in [0.05, 0.1) is 17.0 Å². The summed E-state index contributed by atoms with van der Waals surface area (Å²) < 4.78 is 49.4. The first-order valence-electron chi connectivity index (χ1n) is 11.7. The van der Waals surface area contributed by atoms with Crippen LogP contribution in [0.5, 0.6) is 17.5 Å². The molecule has 0 N–H and O–H groups in total. The molecule has 1 fully saturated rings. The molecular weight excluding hydrogens is 521 g/mol. The van der Waals surface area contributed by atoms with E-state index in [1.165, 1.54) is 18.5 Å². The van der Waals surface area contributed by atoms with Crippen LogP contribution in [0, 0.1) is 12.7 Å². The third kappa shape index (κ3) is 7.24. The van der Waals surface area contributed by atoms with E-state index in [1.807, 2.05) is 12.1 Å². The van der Waals surface area contributed by atoms with Gasteiger partial charge in [-0.25, -0.2) is 22.8 Å². The van der Waals surface area contributed by atoms with Gasteiger partial charge in [0.15, 0.2) is 27.2 Å². The number of Topliss-reactive ketones (excluding diaryl/α,β-unsaturated/α-hetero) is 1. The molecule has 4 rings (SSSR count). The number of ether oxygens (including phenoxy) is 2. The fourth-order valence-electron chi connectivity index (χ4n) is 4.02. The van der Waals surface area contributed by atoms with E-state index >= 15 is 0 Å². The molecule has 0 unspecified atom stereocenters. The second-order valence-electron chi connectivity index (χ2n) is 9.01. The SMILES string of the molecule is Cc1c(Oc2ccc(S(C)(=O)=O)cc2F)ncnc1OC1CCN(CC(=O)Cc2ccc(Cl)cc2)CC1. The Balaban J connectivity index is 1.32. The van der Waals surface area contributed by atoms with Crippen LogP contribution < -0.4 is 9.47 Å². The molecule has 0 amide bonds. The topological polar surface area (TPSA) is 98.7 Å². The van der Waals surface area contributed by atoms with Crippen molar-refractivity contribution in [3.8, 4) is 17.5 Å². The van der Waals surface area contributed by atoms with Crippen LogP contribution >= 0.6 is 11.6 Å². The molecule has 1 aliphatic heterocycles. The van der Waals surface area contributed by atoms with Crippen molar-refractivity contribution in [1.82, 2.24) is 14.9 Å². The maximum absolute atomic E-state index is 14.4. The molecule has 2 heterocycles. The summed E-state index contributed by atoms with van der Waals surface area (Å²) in [6, 6.07) is 10.7. The Morgan fingerprint density at radius 3 is 2.43 bits per heavy atom. The molecule has 11 heteroatoms. The van der Waals surface area contributed by atoms with Gasteiger partial charge in [0.2, 0.25) is 11.8 Å². The van der Waals surface area contributed by atoms with E-state index in [-0.39, 0.29) is 28.4 Å². The second kappa shape index (κ2) is 11.5. The summed E-state index contributed by atoms with van der Waals surface area (Å²) in [5.74, 6) is -0.387. The number of carbonyl (C=O) groups is 1. The Hall–Kier alpha value is -3.08. The first-order valence-corrected chi connectivity index (χ1v) is 14.0. The molecule has 1 saturated heterocycles. The Morgan fingerprint density at radius 1 is 1.11 bits per heavy atom. The number of hydrogen-bond acceptors (Lipinski definition) is 8. The molecular formula is C26H27ClFN3O5S. The lowest BCUT2D eigenvalue weighted by Gasteiger charge is -2.31. The van der Waals surface area contributed by atoms with Crippen molar-refractivity contribution < 1.29 is 27.1 Å². The molecule has 1 aliphatic rings. The normalized spacial score (nSPS) is 14.9. The number of ketones is 1. The number of rotatable bonds is 9. The van der Waals surface area contributed by atoms with Gasteiger partial charge in [-0.05, 0) is 55.7 Å². The van der Waals surface area contributed by atoms with Crippen LogP contribution in [-0.2, 0) is 21.1 Å². The molecule has 2 aromatic carbocycles. The largest absolute Gasteiger partial charge is 0.474 e. The number of carbonyl (C=O) groups excluding carboxylic acids is 1. The minimum absolute atomic E-state index is 0.102. The van der Waals surface area contributed by atoms with Gasteiger partial charge in [-0.1, -0.05) is 23.7 Å². The summed E-state index contributed by atoms with van der Waals surface area (Å²) in [4.78, 5) is 22.7. The predicted octanol–water partition coefficient (Wildman–Crippen LogP) is 4.43. The zero-order valence-corrected chi connectivity index (χ0v) is 22.1. The Kier molecular flexibility index (Phi) is 8.41. The molecule has 0 radical (unpaired) electrons. The summed E-state index contributed by atoms with van der Waals surface area (Å²) in [5.41, 5.74) is 1.44. The van der Waals surface area contributed by atoms with Crippen LogP contribution in [0.25, 0.3) is 0 Å². The van der Waals surface area contributed by atoms with Crippen LogP contribution in [-0.4, -0.2) is 61.1 Å². The minimum atomic E-state index is -3.54. The van der Waals surface area contributed by atoms with Crippen molar-refractivity contribution in [1.29, 1.82) is 0 Å². The molecule has 37 heavy (non-hydrogen) atoms. The first-order chi connectivity index (χ1) is 17.6. The first kappa shape index (κ1) is 27.0. The van der Waals surface area contributed by atoms with Crippen molar-refractivity contribution in [3.63, 3.8) is 0 Å². The highest BCUT2D eigenvalue weighted by Gasteiger charge is 2.24. The smallest absolute Gasteiger partial charge is 0.229 e. The number of aromatic nitrogens is 2. The average molecular weight is 548 g/mol. The van der Waals surface area contributed by atoms with Crippen LogP contribution in [0.3, 0.4) is 0 Å². The van der Waals surface area contributed by atoms with Crippen molar-refractivity contribution >= 4 is 27.2 Å². The zero-order chi connectivity index (χ0) is 26.6. The van der Waals surface area contributed by atoms with Gasteiger partial charge in [0.1, 0.15) is 12.4 Å². The second-order valence-corrected chi connectivity index (χ2v) is 11.5. The van der Waals surface area contributed by atoms with Crippen molar-refractivity contribution in [2.45, 2.75) is 37.2 Å². The molecule has 8 nitrogen and oxygen atoms in total. The van der Waals surface area contributed by atoms with Crippen molar-refractivity contribution in [2.24, 2.45) is 0 Å². The lowest BCUT2D eigenvalue weighted by atomic mass is 10.1. The third-order valence-corrected chi connectivity index (χ3v) is 7.42. The number of sulfone groups is 1. The summed E-state index contributed by atoms with van der Waals surface area (Å²) in [7, 11) is -3.54. The van der Waals surface area contributed by atoms with Gasteiger partial charge < -0.3 is 9.47 Å². The lowest BCUT2D eigenvalue weighted by Crippen LogP contribution is -2.41. The monoisotopic (exact) mass is 547 g/mol. The fraction of sp³-hybridized carbons (Fsp3) is 0.346. The van der Waals surface area contributed by atoms with E-state index in [4.69, 9.17) is 21.1 Å². The fourth-order valence-corrected chi connectivity index (χ4v) is 4.78. The Labute approximate surface area is 220 Å². The highest BCUT2D eigenvalue weighted by Crippen LogP contribution is 2.31. The summed E-state index contributed by atoms with van der Waals surface area (Å²) >= 11 is 5.90. The molecule has 1 aromatic heterocycles. The third-order valence-electron chi connectivity index (χ3n) is 6.06. The molecule has 196 valence electrons. The number of hydrogen-bond donors (Lipinski definition) is 0. The average Bonchev–Trinajstić information content (AvgIpc) is 2.85. The predicted molar refractivity (Wildman–Crippen MR) is 137 cm³/mol. The maximum atomic E-state index is 14.4. The molecule has 0 saturated carbocycles. The number of nitrogens with zero attached hydrogens (tertiary/aromatic N) is 3. The maximum Gasteiger partial charge on any atom is 0.229 e. The van der Waals surface area contributed by atoms with Crippen LogP contribution in [0.4, 0.5) is 4.39 Å². The van der Waals surface area contributed by atoms with Gasteiger partial charge in [-0.2, -0.15) is 0 Å². The molecule has 0 atom stereocenters. The van der Waals surface area contributed by atoms with Crippen LogP contribution in [0.1, 0.15) is 24.0 Å². The van der Waals surface area contributed by atoms with E-state index in [0.717, 1.165) is 30.7 Å². The summed E-state index contributed by atoms with van der Waals surface area (Å²) in [5, 5.41) is 0.645. The van der Waals surface area contributed by atoms with Gasteiger partial charge in [-0.15, -0.1) is 0 Å². The Bertz CT molecular complexity index is 1380. The van der Waals surface area contributed by atoms with Crippen LogP contribution in [0.15, 0.2) is 53.7 Å². The molecule has 0 spiro atoms. The lowest BCUT2D eigenvalue weighted by molar-refractivity contribution is -0.120. The van der Waals surface area contributed by atoms with E-state index in [2.05, 4.69) is 14.9 Å².